The van der Waals surface area contributed by atoms with Crippen LogP contribution in [-0.2, 0) is 0 Å². The summed E-state index contributed by atoms with van der Waals surface area (Å²) in [5, 5.41) is 2.29. The number of aryl methyl sites for hydroxylation is 1. The summed E-state index contributed by atoms with van der Waals surface area (Å²) < 4.78 is 41.2. The maximum absolute atomic E-state index is 12.4. The SMILES string of the molecule is Cc1csc(C(N)c2ccccc2OC(F)(F)F)c1Cl. The molecular formula is C13H11ClF3NOS. The van der Waals surface area contributed by atoms with Crippen LogP contribution in [0.4, 0.5) is 13.2 Å². The number of para-hydroxylation sites is 1. The number of ether oxygens (including phenoxy) is 1. The number of halogens is 4. The van der Waals surface area contributed by atoms with Gasteiger partial charge in [-0.3, -0.25) is 0 Å². The zero-order valence-electron chi connectivity index (χ0n) is 10.4. The second kappa shape index (κ2) is 5.63. The average molecular weight is 322 g/mol. The fraction of sp³-hybridized carbons (Fsp3) is 0.231. The lowest BCUT2D eigenvalue weighted by Gasteiger charge is -2.17. The first-order valence-corrected chi connectivity index (χ1v) is 6.89. The summed E-state index contributed by atoms with van der Waals surface area (Å²) in [6.45, 7) is 1.81. The Labute approximate surface area is 122 Å². The minimum absolute atomic E-state index is 0.244. The third-order valence-corrected chi connectivity index (χ3v) is 4.48. The van der Waals surface area contributed by atoms with E-state index < -0.39 is 12.4 Å². The Balaban J connectivity index is 2.40. The van der Waals surface area contributed by atoms with Crippen molar-refractivity contribution in [2.75, 3.05) is 0 Å². The van der Waals surface area contributed by atoms with Crippen molar-refractivity contribution in [1.29, 1.82) is 0 Å². The smallest absolute Gasteiger partial charge is 0.405 e. The summed E-state index contributed by atoms with van der Waals surface area (Å²) in [7, 11) is 0. The molecule has 1 heterocycles. The summed E-state index contributed by atoms with van der Waals surface area (Å²) in [6.07, 6.45) is -4.76. The molecule has 0 amide bonds. The molecule has 2 aromatic rings. The third-order valence-electron chi connectivity index (χ3n) is 2.69. The number of thiophene rings is 1. The molecule has 2 N–H and O–H groups in total. The van der Waals surface area contributed by atoms with Gasteiger partial charge in [-0.05, 0) is 23.9 Å². The number of hydrogen-bond donors (Lipinski definition) is 1. The Morgan fingerprint density at radius 3 is 2.50 bits per heavy atom. The van der Waals surface area contributed by atoms with Gasteiger partial charge in [0.1, 0.15) is 5.75 Å². The molecule has 1 atom stereocenters. The van der Waals surface area contributed by atoms with E-state index in [9.17, 15) is 13.2 Å². The first-order valence-electron chi connectivity index (χ1n) is 5.63. The topological polar surface area (TPSA) is 35.2 Å². The van der Waals surface area contributed by atoms with Gasteiger partial charge in [-0.15, -0.1) is 24.5 Å². The first kappa shape index (κ1) is 15.2. The Morgan fingerprint density at radius 1 is 1.30 bits per heavy atom. The molecule has 7 heteroatoms. The monoisotopic (exact) mass is 321 g/mol. The van der Waals surface area contributed by atoms with Gasteiger partial charge in [-0.2, -0.15) is 0 Å². The Bertz CT molecular complexity index is 612. The second-order valence-electron chi connectivity index (χ2n) is 4.16. The molecule has 0 aliphatic carbocycles. The number of hydrogen-bond acceptors (Lipinski definition) is 3. The lowest BCUT2D eigenvalue weighted by Crippen LogP contribution is -2.20. The van der Waals surface area contributed by atoms with Crippen molar-refractivity contribution in [3.8, 4) is 5.75 Å². The van der Waals surface area contributed by atoms with Crippen LogP contribution in [-0.4, -0.2) is 6.36 Å². The van der Waals surface area contributed by atoms with E-state index in [0.717, 1.165) is 5.56 Å². The number of alkyl halides is 3. The Hall–Kier alpha value is -1.24. The minimum Gasteiger partial charge on any atom is -0.405 e. The van der Waals surface area contributed by atoms with E-state index in [1.807, 2.05) is 12.3 Å². The van der Waals surface area contributed by atoms with Gasteiger partial charge in [0.05, 0.1) is 11.1 Å². The lowest BCUT2D eigenvalue weighted by atomic mass is 10.0. The summed E-state index contributed by atoms with van der Waals surface area (Å²) in [5.41, 5.74) is 7.12. The Kier molecular flexibility index (Phi) is 4.27. The zero-order chi connectivity index (χ0) is 14.9. The lowest BCUT2D eigenvalue weighted by molar-refractivity contribution is -0.274. The summed E-state index contributed by atoms with van der Waals surface area (Å²) in [5.74, 6) is -0.311. The maximum Gasteiger partial charge on any atom is 0.573 e. The van der Waals surface area contributed by atoms with Crippen LogP contribution in [0.25, 0.3) is 0 Å². The first-order chi connectivity index (χ1) is 9.29. The molecule has 0 saturated heterocycles. The quantitative estimate of drug-likeness (QED) is 0.892. The third kappa shape index (κ3) is 3.26. The number of benzene rings is 1. The highest BCUT2D eigenvalue weighted by Gasteiger charge is 2.33. The molecule has 0 radical (unpaired) electrons. The number of rotatable bonds is 3. The van der Waals surface area contributed by atoms with E-state index >= 15 is 0 Å². The summed E-state index contributed by atoms with van der Waals surface area (Å²) in [4.78, 5) is 0.613. The highest BCUT2D eigenvalue weighted by atomic mass is 35.5. The molecule has 0 spiro atoms. The van der Waals surface area contributed by atoms with Crippen LogP contribution < -0.4 is 10.5 Å². The predicted molar refractivity (Wildman–Crippen MR) is 73.2 cm³/mol. The van der Waals surface area contributed by atoms with E-state index in [2.05, 4.69) is 4.74 Å². The van der Waals surface area contributed by atoms with Crippen molar-refractivity contribution in [1.82, 2.24) is 0 Å². The molecule has 1 aromatic heterocycles. The van der Waals surface area contributed by atoms with Crippen molar-refractivity contribution >= 4 is 22.9 Å². The number of nitrogens with two attached hydrogens (primary N) is 1. The Morgan fingerprint density at radius 2 is 1.95 bits per heavy atom. The maximum atomic E-state index is 12.4. The van der Waals surface area contributed by atoms with Gasteiger partial charge in [0.15, 0.2) is 0 Å². The largest absolute Gasteiger partial charge is 0.573 e. The zero-order valence-corrected chi connectivity index (χ0v) is 11.9. The molecule has 0 fully saturated rings. The molecule has 0 aliphatic rings. The predicted octanol–water partition coefficient (Wildman–Crippen LogP) is 4.66. The van der Waals surface area contributed by atoms with Gasteiger partial charge in [-0.25, -0.2) is 0 Å². The minimum atomic E-state index is -4.76. The molecule has 2 rings (SSSR count). The van der Waals surface area contributed by atoms with Crippen molar-refractivity contribution in [3.05, 3.63) is 50.7 Å². The van der Waals surface area contributed by atoms with Crippen molar-refractivity contribution in [2.24, 2.45) is 5.73 Å². The molecule has 108 valence electrons. The average Bonchev–Trinajstić information content (AvgIpc) is 2.68. The van der Waals surface area contributed by atoms with Crippen LogP contribution in [0.3, 0.4) is 0 Å². The fourth-order valence-electron chi connectivity index (χ4n) is 1.76. The van der Waals surface area contributed by atoms with Crippen LogP contribution in [0.5, 0.6) is 5.75 Å². The van der Waals surface area contributed by atoms with Gasteiger partial charge in [0, 0.05) is 10.4 Å². The van der Waals surface area contributed by atoms with Crippen LogP contribution in [0.1, 0.15) is 22.0 Å². The van der Waals surface area contributed by atoms with Gasteiger partial charge in [0.25, 0.3) is 0 Å². The molecule has 2 nitrogen and oxygen atoms in total. The molecule has 0 aliphatic heterocycles. The molecule has 0 bridgehead atoms. The molecule has 1 unspecified atom stereocenters. The van der Waals surface area contributed by atoms with E-state index in [0.29, 0.717) is 9.90 Å². The van der Waals surface area contributed by atoms with Crippen LogP contribution in [0.15, 0.2) is 29.6 Å². The van der Waals surface area contributed by atoms with Crippen molar-refractivity contribution in [3.63, 3.8) is 0 Å². The highest BCUT2D eigenvalue weighted by molar-refractivity contribution is 7.10. The summed E-state index contributed by atoms with van der Waals surface area (Å²) in [6, 6.07) is 5.03. The van der Waals surface area contributed by atoms with Crippen LogP contribution in [0, 0.1) is 6.92 Å². The summed E-state index contributed by atoms with van der Waals surface area (Å²) >= 11 is 7.42. The van der Waals surface area contributed by atoms with Gasteiger partial charge in [-0.1, -0.05) is 29.8 Å². The van der Waals surface area contributed by atoms with E-state index in [4.69, 9.17) is 17.3 Å². The standard InChI is InChI=1S/C13H11ClF3NOS/c1-7-6-20-12(10(7)14)11(18)8-4-2-3-5-9(8)19-13(15,16)17/h2-6,11H,18H2,1H3. The molecule has 1 aromatic carbocycles. The van der Waals surface area contributed by atoms with Crippen molar-refractivity contribution < 1.29 is 17.9 Å². The van der Waals surface area contributed by atoms with Gasteiger partial charge >= 0.3 is 6.36 Å². The highest BCUT2D eigenvalue weighted by Crippen LogP contribution is 2.38. The van der Waals surface area contributed by atoms with Crippen LogP contribution >= 0.6 is 22.9 Å². The van der Waals surface area contributed by atoms with Crippen molar-refractivity contribution in [2.45, 2.75) is 19.3 Å². The normalized spacial score (nSPS) is 13.3. The fourth-order valence-corrected chi connectivity index (χ4v) is 3.09. The van der Waals surface area contributed by atoms with Gasteiger partial charge in [0.2, 0.25) is 0 Å². The molecule has 20 heavy (non-hydrogen) atoms. The van der Waals surface area contributed by atoms with E-state index in [1.165, 1.54) is 29.5 Å². The van der Waals surface area contributed by atoms with E-state index in [1.54, 1.807) is 6.07 Å². The second-order valence-corrected chi connectivity index (χ2v) is 5.45. The van der Waals surface area contributed by atoms with Crippen LogP contribution in [0.2, 0.25) is 5.02 Å². The molecule has 0 saturated carbocycles. The van der Waals surface area contributed by atoms with Gasteiger partial charge < -0.3 is 10.5 Å². The van der Waals surface area contributed by atoms with E-state index in [-0.39, 0.29) is 11.3 Å². The molecular weight excluding hydrogens is 311 g/mol.